The second kappa shape index (κ2) is 9.80. The van der Waals surface area contributed by atoms with E-state index in [-0.39, 0.29) is 35.3 Å². The van der Waals surface area contributed by atoms with Crippen LogP contribution in [0.15, 0.2) is 17.1 Å². The molecular formula is C20H30FN5O3. The molecule has 160 valence electrons. The predicted molar refractivity (Wildman–Crippen MR) is 112 cm³/mol. The third-order valence-electron chi connectivity index (χ3n) is 4.86. The average molecular weight is 407 g/mol. The van der Waals surface area contributed by atoms with E-state index in [1.807, 2.05) is 11.8 Å². The molecule has 0 amide bonds. The van der Waals surface area contributed by atoms with Gasteiger partial charge in [0.1, 0.15) is 18.3 Å². The van der Waals surface area contributed by atoms with Crippen LogP contribution in [0.3, 0.4) is 0 Å². The second-order valence-corrected chi connectivity index (χ2v) is 7.48. The van der Waals surface area contributed by atoms with Crippen LogP contribution < -0.4 is 10.5 Å². The number of aliphatic hydroxyl groups excluding tert-OH is 1. The maximum absolute atomic E-state index is 14.1. The van der Waals surface area contributed by atoms with Gasteiger partial charge in [0.15, 0.2) is 11.6 Å². The van der Waals surface area contributed by atoms with E-state index in [2.05, 4.69) is 4.99 Å². The Morgan fingerprint density at radius 1 is 1.41 bits per heavy atom. The molecule has 1 aromatic rings. The van der Waals surface area contributed by atoms with Crippen LogP contribution in [0.25, 0.3) is 0 Å². The third kappa shape index (κ3) is 5.51. The normalized spacial score (nSPS) is 20.8. The van der Waals surface area contributed by atoms with Crippen molar-refractivity contribution in [2.45, 2.75) is 45.5 Å². The Balaban J connectivity index is 2.20. The van der Waals surface area contributed by atoms with Gasteiger partial charge in [0, 0.05) is 55.6 Å². The number of ether oxygens (including phenoxy) is 2. The minimum Gasteiger partial charge on any atom is -0.488 e. The Kier molecular flexibility index (Phi) is 7.69. The van der Waals surface area contributed by atoms with Crippen molar-refractivity contribution in [3.8, 4) is 5.75 Å². The van der Waals surface area contributed by atoms with Crippen molar-refractivity contribution in [2.75, 3.05) is 25.9 Å². The molecule has 0 bridgehead atoms. The van der Waals surface area contributed by atoms with E-state index in [0.29, 0.717) is 30.9 Å². The summed E-state index contributed by atoms with van der Waals surface area (Å²) < 4.78 is 24.9. The number of anilines is 1. The van der Waals surface area contributed by atoms with Crippen LogP contribution in [0, 0.1) is 22.6 Å². The van der Waals surface area contributed by atoms with E-state index >= 15 is 0 Å². The van der Waals surface area contributed by atoms with Gasteiger partial charge in [-0.05, 0) is 19.9 Å². The number of rotatable bonds is 8. The minimum absolute atomic E-state index is 0.0557. The van der Waals surface area contributed by atoms with Gasteiger partial charge in [-0.15, -0.1) is 0 Å². The number of β-amino-alcohol motifs (C(OH)–C–C–N with tert-alkyl or cyclic N) is 1. The summed E-state index contributed by atoms with van der Waals surface area (Å²) in [4.78, 5) is 5.98. The van der Waals surface area contributed by atoms with E-state index in [9.17, 15) is 9.50 Å². The molecule has 5 N–H and O–H groups in total. The summed E-state index contributed by atoms with van der Waals surface area (Å²) >= 11 is 0. The zero-order chi connectivity index (χ0) is 21.7. The summed E-state index contributed by atoms with van der Waals surface area (Å²) in [6, 6.07) is 2.62. The number of methoxy groups -OCH3 is 1. The predicted octanol–water partition coefficient (Wildman–Crippen LogP) is 2.29. The topological polar surface area (TPSA) is 128 Å². The first kappa shape index (κ1) is 22.8. The van der Waals surface area contributed by atoms with Crippen LogP contribution in [-0.2, 0) is 4.74 Å². The van der Waals surface area contributed by atoms with E-state index in [4.69, 9.17) is 26.0 Å². The van der Waals surface area contributed by atoms with E-state index < -0.39 is 11.9 Å². The number of hydrogen-bond acceptors (Lipinski definition) is 6. The number of aliphatic imine (C=N–C) groups is 1. The standard InChI is InChI=1S/C20H30FN5O3/c1-11(2)29-17-6-13(15(23)7-14(17)21)20(24)12(3)5-19(25-10-22)26-8-16(27)18(9-26)28-4/h6-7,10-12,16,18,22,24,27H,5,8-9,23H2,1-4H3. The van der Waals surface area contributed by atoms with Crippen molar-refractivity contribution in [1.82, 2.24) is 4.90 Å². The molecule has 3 atom stereocenters. The second-order valence-electron chi connectivity index (χ2n) is 7.48. The van der Waals surface area contributed by atoms with Crippen LogP contribution >= 0.6 is 0 Å². The fourth-order valence-electron chi connectivity index (χ4n) is 3.32. The molecular weight excluding hydrogens is 377 g/mol. The third-order valence-corrected chi connectivity index (χ3v) is 4.86. The largest absolute Gasteiger partial charge is 0.488 e. The Morgan fingerprint density at radius 3 is 2.66 bits per heavy atom. The van der Waals surface area contributed by atoms with Gasteiger partial charge in [-0.3, -0.25) is 5.41 Å². The molecule has 0 radical (unpaired) electrons. The first-order valence-corrected chi connectivity index (χ1v) is 9.53. The Labute approximate surface area is 170 Å². The summed E-state index contributed by atoms with van der Waals surface area (Å²) in [7, 11) is 1.54. The van der Waals surface area contributed by atoms with Crippen molar-refractivity contribution >= 4 is 23.6 Å². The number of nitrogens with zero attached hydrogens (tertiary/aromatic N) is 2. The van der Waals surface area contributed by atoms with E-state index in [0.717, 1.165) is 6.34 Å². The fourth-order valence-corrected chi connectivity index (χ4v) is 3.32. The molecule has 3 unspecified atom stereocenters. The minimum atomic E-state index is -0.644. The smallest absolute Gasteiger partial charge is 0.167 e. The Bertz CT molecular complexity index is 784. The molecule has 1 saturated heterocycles. The maximum atomic E-state index is 14.1. The van der Waals surface area contributed by atoms with Gasteiger partial charge in [0.25, 0.3) is 0 Å². The number of halogens is 1. The van der Waals surface area contributed by atoms with Crippen molar-refractivity contribution in [2.24, 2.45) is 10.9 Å². The number of amidine groups is 1. The van der Waals surface area contributed by atoms with Crippen LogP contribution in [0.1, 0.15) is 32.8 Å². The molecule has 1 fully saturated rings. The average Bonchev–Trinajstić information content (AvgIpc) is 3.03. The van der Waals surface area contributed by atoms with Crippen LogP contribution in [0.5, 0.6) is 5.75 Å². The number of benzene rings is 1. The van der Waals surface area contributed by atoms with Crippen LogP contribution in [0.2, 0.25) is 0 Å². The summed E-state index contributed by atoms with van der Waals surface area (Å²) in [6.45, 7) is 6.22. The molecule has 1 aliphatic heterocycles. The van der Waals surface area contributed by atoms with Crippen molar-refractivity contribution in [3.05, 3.63) is 23.5 Å². The van der Waals surface area contributed by atoms with Gasteiger partial charge >= 0.3 is 0 Å². The lowest BCUT2D eigenvalue weighted by molar-refractivity contribution is 0.0216. The molecule has 0 spiro atoms. The van der Waals surface area contributed by atoms with Crippen LogP contribution in [-0.4, -0.2) is 66.4 Å². The molecule has 8 nitrogen and oxygen atoms in total. The summed E-state index contributed by atoms with van der Waals surface area (Å²) in [6.07, 6.45) is 0.112. The molecule has 1 heterocycles. The zero-order valence-electron chi connectivity index (χ0n) is 17.3. The number of hydrogen-bond donors (Lipinski definition) is 4. The SMILES string of the molecule is COC1CN(C(CC(C)C(=N)c2cc(OC(C)C)c(F)cc2N)=NC=N)CC1O. The highest BCUT2D eigenvalue weighted by molar-refractivity contribution is 6.06. The highest BCUT2D eigenvalue weighted by Crippen LogP contribution is 2.28. The van der Waals surface area contributed by atoms with E-state index in [1.165, 1.54) is 19.2 Å². The molecule has 0 saturated carbocycles. The van der Waals surface area contributed by atoms with Gasteiger partial charge in [0.2, 0.25) is 0 Å². The van der Waals surface area contributed by atoms with Crippen molar-refractivity contribution in [1.29, 1.82) is 10.8 Å². The van der Waals surface area contributed by atoms with Gasteiger partial charge < -0.3 is 30.6 Å². The molecule has 1 aliphatic rings. The highest BCUT2D eigenvalue weighted by atomic mass is 19.1. The molecule has 2 rings (SSSR count). The molecule has 1 aromatic carbocycles. The summed E-state index contributed by atoms with van der Waals surface area (Å²) in [5.41, 5.74) is 6.75. The Hall–Kier alpha value is -2.52. The lowest BCUT2D eigenvalue weighted by atomic mass is 9.93. The highest BCUT2D eigenvalue weighted by Gasteiger charge is 2.33. The number of aliphatic hydroxyl groups is 1. The van der Waals surface area contributed by atoms with Crippen molar-refractivity contribution in [3.63, 3.8) is 0 Å². The first-order valence-electron chi connectivity index (χ1n) is 9.53. The van der Waals surface area contributed by atoms with Gasteiger partial charge in [-0.1, -0.05) is 6.92 Å². The Morgan fingerprint density at radius 2 is 2.10 bits per heavy atom. The van der Waals surface area contributed by atoms with Crippen LogP contribution in [0.4, 0.5) is 10.1 Å². The number of nitrogens with one attached hydrogen (secondary N) is 2. The van der Waals surface area contributed by atoms with Gasteiger partial charge in [-0.25, -0.2) is 9.38 Å². The number of likely N-dealkylation sites (tertiary alicyclic amines) is 1. The molecule has 0 aliphatic carbocycles. The molecule has 0 aromatic heterocycles. The molecule has 9 heteroatoms. The van der Waals surface area contributed by atoms with E-state index in [1.54, 1.807) is 13.8 Å². The summed E-state index contributed by atoms with van der Waals surface area (Å²) in [5.74, 6) is -0.245. The monoisotopic (exact) mass is 407 g/mol. The number of nitrogen functional groups attached to an aromatic ring is 1. The van der Waals surface area contributed by atoms with Gasteiger partial charge in [-0.2, -0.15) is 0 Å². The summed E-state index contributed by atoms with van der Waals surface area (Å²) in [5, 5.41) is 26.0. The molecule has 29 heavy (non-hydrogen) atoms. The van der Waals surface area contributed by atoms with Gasteiger partial charge in [0.05, 0.1) is 12.2 Å². The zero-order valence-corrected chi connectivity index (χ0v) is 17.3. The fraction of sp³-hybridized carbons (Fsp3) is 0.550. The maximum Gasteiger partial charge on any atom is 0.167 e. The first-order chi connectivity index (χ1) is 13.7. The lowest BCUT2D eigenvalue weighted by Gasteiger charge is -2.23. The van der Waals surface area contributed by atoms with Crippen molar-refractivity contribution < 1.29 is 19.0 Å². The number of nitrogens with two attached hydrogens (primary N) is 1. The lowest BCUT2D eigenvalue weighted by Crippen LogP contribution is -2.33. The quantitative estimate of drug-likeness (QED) is 0.299.